The van der Waals surface area contributed by atoms with E-state index < -0.39 is 6.09 Å². The van der Waals surface area contributed by atoms with Crippen molar-refractivity contribution in [3.8, 4) is 0 Å². The van der Waals surface area contributed by atoms with Crippen LogP contribution in [0.4, 0.5) is 10.6 Å². The number of imidazole rings is 1. The van der Waals surface area contributed by atoms with Crippen LogP contribution in [-0.4, -0.2) is 39.7 Å². The number of hydrogen-bond acceptors (Lipinski definition) is 6. The minimum atomic E-state index is -0.535. The van der Waals surface area contributed by atoms with Gasteiger partial charge in [0.25, 0.3) is 0 Å². The van der Waals surface area contributed by atoms with Crippen LogP contribution in [0.3, 0.4) is 0 Å². The summed E-state index contributed by atoms with van der Waals surface area (Å²) < 4.78 is 7.41. The molecule has 0 saturated heterocycles. The molecule has 0 aliphatic heterocycles. The van der Waals surface area contributed by atoms with E-state index in [2.05, 4.69) is 45.0 Å². The molecule has 1 saturated carbocycles. The molecule has 1 fully saturated rings. The highest BCUT2D eigenvalue weighted by molar-refractivity contribution is 6.06. The number of nitrogen functional groups attached to an aromatic ring is 1. The van der Waals surface area contributed by atoms with Gasteiger partial charge in [0.1, 0.15) is 17.9 Å². The summed E-state index contributed by atoms with van der Waals surface area (Å²) in [6, 6.07) is 16.2. The molecule has 0 spiro atoms. The van der Waals surface area contributed by atoms with Gasteiger partial charge in [-0.1, -0.05) is 55.5 Å². The quantitative estimate of drug-likeness (QED) is 0.226. The largest absolute Gasteiger partial charge is 0.448 e. The number of nitrogens with two attached hydrogens (primary N) is 1. The van der Waals surface area contributed by atoms with Crippen LogP contribution < -0.4 is 16.4 Å². The van der Waals surface area contributed by atoms with Gasteiger partial charge in [0.2, 0.25) is 5.91 Å². The van der Waals surface area contributed by atoms with Gasteiger partial charge in [0.15, 0.2) is 5.82 Å². The number of fused-ring (bicyclic) bond motifs is 3. The maximum absolute atomic E-state index is 12.0. The van der Waals surface area contributed by atoms with Crippen molar-refractivity contribution in [3.63, 3.8) is 0 Å². The fraction of sp³-hybridized carbons (Fsp3) is 0.310. The molecule has 2 amide bonds. The van der Waals surface area contributed by atoms with Gasteiger partial charge in [-0.15, -0.1) is 0 Å². The average Bonchev–Trinajstić information content (AvgIpc) is 3.24. The van der Waals surface area contributed by atoms with Gasteiger partial charge in [-0.05, 0) is 37.0 Å². The predicted octanol–water partition coefficient (Wildman–Crippen LogP) is 4.40. The maximum Gasteiger partial charge on any atom is 0.407 e. The lowest BCUT2D eigenvalue weighted by molar-refractivity contribution is -0.117. The Labute approximate surface area is 221 Å². The Bertz CT molecular complexity index is 1500. The lowest BCUT2D eigenvalue weighted by Crippen LogP contribution is -2.31. The van der Waals surface area contributed by atoms with E-state index in [-0.39, 0.29) is 19.1 Å². The molecule has 0 atom stereocenters. The molecule has 4 N–H and O–H groups in total. The van der Waals surface area contributed by atoms with Gasteiger partial charge in [0.05, 0.1) is 17.6 Å². The molecule has 9 heteroatoms. The molecule has 196 valence electrons. The van der Waals surface area contributed by atoms with E-state index in [0.29, 0.717) is 30.4 Å². The third-order valence-corrected chi connectivity index (χ3v) is 6.92. The zero-order valence-electron chi connectivity index (χ0n) is 21.5. The highest BCUT2D eigenvalue weighted by Gasteiger charge is 2.27. The number of ether oxygens (including phenoxy) is 1. The van der Waals surface area contributed by atoms with E-state index in [0.717, 1.165) is 51.7 Å². The third kappa shape index (κ3) is 5.32. The summed E-state index contributed by atoms with van der Waals surface area (Å²) in [6.07, 6.45) is 2.95. The number of anilines is 1. The summed E-state index contributed by atoms with van der Waals surface area (Å²) >= 11 is 0. The van der Waals surface area contributed by atoms with Crippen LogP contribution in [0.15, 0.2) is 60.7 Å². The van der Waals surface area contributed by atoms with Crippen LogP contribution in [0, 0.1) is 0 Å². The van der Waals surface area contributed by atoms with Gasteiger partial charge in [-0.25, -0.2) is 14.8 Å². The summed E-state index contributed by atoms with van der Waals surface area (Å²) in [5, 5.41) is 6.40. The Balaban J connectivity index is 1.27. The molecule has 2 aromatic carbocycles. The maximum atomic E-state index is 12.0. The number of nitrogens with zero attached hydrogens (tertiary/aromatic N) is 3. The van der Waals surface area contributed by atoms with E-state index in [1.807, 2.05) is 30.3 Å². The third-order valence-electron chi connectivity index (χ3n) is 6.92. The van der Waals surface area contributed by atoms with E-state index >= 15 is 0 Å². The van der Waals surface area contributed by atoms with E-state index in [1.165, 1.54) is 6.42 Å². The highest BCUT2D eigenvalue weighted by Crippen LogP contribution is 2.39. The van der Waals surface area contributed by atoms with E-state index in [9.17, 15) is 9.59 Å². The van der Waals surface area contributed by atoms with Crippen molar-refractivity contribution in [3.05, 3.63) is 77.6 Å². The van der Waals surface area contributed by atoms with Crippen LogP contribution in [0.2, 0.25) is 0 Å². The fourth-order valence-electron chi connectivity index (χ4n) is 4.64. The molecule has 2 aromatic heterocycles. The van der Waals surface area contributed by atoms with Crippen molar-refractivity contribution in [2.45, 2.75) is 45.2 Å². The number of para-hydroxylation sites is 1. The van der Waals surface area contributed by atoms with Crippen molar-refractivity contribution >= 4 is 39.8 Å². The molecule has 1 aliphatic rings. The number of carbonyl (C=O) groups is 2. The molecule has 0 radical (unpaired) electrons. The number of alkyl carbamates (subject to hydrolysis) is 1. The number of pyridine rings is 1. The summed E-state index contributed by atoms with van der Waals surface area (Å²) in [4.78, 5) is 33.0. The Morgan fingerprint density at radius 2 is 1.82 bits per heavy atom. The molecule has 4 aromatic rings. The number of carbonyl (C=O) groups excluding carboxylic acids is 2. The first-order valence-corrected chi connectivity index (χ1v) is 12.9. The number of benzene rings is 2. The summed E-state index contributed by atoms with van der Waals surface area (Å²) in [5.41, 5.74) is 11.5. The van der Waals surface area contributed by atoms with Crippen LogP contribution in [0.1, 0.15) is 49.1 Å². The van der Waals surface area contributed by atoms with Crippen molar-refractivity contribution in [2.75, 3.05) is 18.9 Å². The number of hydrogen-bond donors (Lipinski definition) is 3. The first-order valence-electron chi connectivity index (χ1n) is 12.9. The summed E-state index contributed by atoms with van der Waals surface area (Å²) in [7, 11) is 0. The van der Waals surface area contributed by atoms with E-state index in [4.69, 9.17) is 15.5 Å². The second kappa shape index (κ2) is 10.9. The molecule has 5 rings (SSSR count). The molecule has 2 heterocycles. The number of nitrogens with one attached hydrogen (secondary N) is 2. The highest BCUT2D eigenvalue weighted by atomic mass is 16.5. The zero-order valence-corrected chi connectivity index (χ0v) is 21.5. The fourth-order valence-corrected chi connectivity index (χ4v) is 4.64. The van der Waals surface area contributed by atoms with Crippen molar-refractivity contribution in [1.82, 2.24) is 25.2 Å². The Morgan fingerprint density at radius 3 is 2.53 bits per heavy atom. The Hall–Kier alpha value is -4.40. The van der Waals surface area contributed by atoms with Crippen LogP contribution in [-0.2, 0) is 22.6 Å². The van der Waals surface area contributed by atoms with Gasteiger partial charge in [0, 0.05) is 30.0 Å². The smallest absolute Gasteiger partial charge is 0.407 e. The zero-order chi connectivity index (χ0) is 26.6. The standard InChI is InChI=1S/C29H32N6O3/c1-18(2)28(36)31-14-15-38-29(37)32-16-19-10-12-20(13-11-19)17-35-25-22-8-3-4-9-23(22)33-26(30)24(25)34-27(35)21-6-5-7-21/h3-4,8-13,21H,1,5-7,14-17H2,2H3,(H2,30,33)(H,31,36)(H,32,37). The van der Waals surface area contributed by atoms with Crippen LogP contribution in [0.25, 0.3) is 21.9 Å². The molecular formula is C29H32N6O3. The van der Waals surface area contributed by atoms with Gasteiger partial charge in [-0.3, -0.25) is 4.79 Å². The molecule has 0 unspecified atom stereocenters. The molecule has 0 bridgehead atoms. The van der Waals surface area contributed by atoms with Crippen LogP contribution >= 0.6 is 0 Å². The number of rotatable bonds is 9. The van der Waals surface area contributed by atoms with E-state index in [1.54, 1.807) is 6.92 Å². The lowest BCUT2D eigenvalue weighted by atomic mass is 9.85. The first-order chi connectivity index (χ1) is 18.4. The van der Waals surface area contributed by atoms with Crippen molar-refractivity contribution in [1.29, 1.82) is 0 Å². The predicted molar refractivity (Wildman–Crippen MR) is 148 cm³/mol. The second-order valence-corrected chi connectivity index (χ2v) is 9.74. The van der Waals surface area contributed by atoms with Crippen LogP contribution in [0.5, 0.6) is 0 Å². The van der Waals surface area contributed by atoms with Gasteiger partial charge >= 0.3 is 6.09 Å². The van der Waals surface area contributed by atoms with Crippen molar-refractivity contribution in [2.24, 2.45) is 0 Å². The molecular weight excluding hydrogens is 480 g/mol. The minimum Gasteiger partial charge on any atom is -0.448 e. The topological polar surface area (TPSA) is 124 Å². The summed E-state index contributed by atoms with van der Waals surface area (Å²) in [5.74, 6) is 1.71. The molecule has 9 nitrogen and oxygen atoms in total. The first kappa shape index (κ1) is 25.3. The average molecular weight is 513 g/mol. The van der Waals surface area contributed by atoms with Crippen molar-refractivity contribution < 1.29 is 14.3 Å². The Morgan fingerprint density at radius 1 is 1.08 bits per heavy atom. The molecule has 1 aliphatic carbocycles. The van der Waals surface area contributed by atoms with Gasteiger partial charge < -0.3 is 25.7 Å². The minimum absolute atomic E-state index is 0.0840. The van der Waals surface area contributed by atoms with Gasteiger partial charge in [-0.2, -0.15) is 0 Å². The number of aromatic nitrogens is 3. The Kier molecular flexibility index (Phi) is 7.26. The SMILES string of the molecule is C=C(C)C(=O)NCCOC(=O)NCc1ccc(Cn2c(C3CCC3)nc3c(N)nc4ccccc4c32)cc1. The normalized spacial score (nSPS) is 13.3. The monoisotopic (exact) mass is 512 g/mol. The second-order valence-electron chi connectivity index (χ2n) is 9.74. The lowest BCUT2D eigenvalue weighted by Gasteiger charge is -2.26. The summed E-state index contributed by atoms with van der Waals surface area (Å²) in [6.45, 7) is 6.50. The molecule has 38 heavy (non-hydrogen) atoms. The number of amides is 2.